The Hall–Kier alpha value is -1.22. The number of hydrogen-bond donors (Lipinski definition) is 0. The van der Waals surface area contributed by atoms with Gasteiger partial charge in [0.25, 0.3) is 0 Å². The molecule has 0 aromatic rings. The molecule has 13 heavy (non-hydrogen) atoms. The zero-order valence-electron chi connectivity index (χ0n) is 7.65. The summed E-state index contributed by atoms with van der Waals surface area (Å²) in [4.78, 5) is 15.8. The minimum atomic E-state index is 0.243. The molecule has 0 atom stereocenters. The first-order chi connectivity index (χ1) is 6.34. The third-order valence-electron chi connectivity index (χ3n) is 2.17. The monoisotopic (exact) mass is 182 g/mol. The molecule has 0 aliphatic carbocycles. The minimum absolute atomic E-state index is 0.243. The number of carbonyl (C=O) groups excluding carboxylic acids is 1. The van der Waals surface area contributed by atoms with E-state index in [1.54, 1.807) is 0 Å². The van der Waals surface area contributed by atoms with Crippen molar-refractivity contribution in [2.24, 2.45) is 5.11 Å². The molecule has 5 heteroatoms. The maximum atomic E-state index is 11.3. The number of likely N-dealkylation sites (tertiary alicyclic amines) is 1. The number of nitrogens with zero attached hydrogens (tertiary/aromatic N) is 4. The Labute approximate surface area is 77.3 Å². The van der Waals surface area contributed by atoms with Gasteiger partial charge in [0.05, 0.1) is 0 Å². The van der Waals surface area contributed by atoms with E-state index in [2.05, 4.69) is 10.0 Å². The fraction of sp³-hybridized carbons (Fsp3) is 0.875. The van der Waals surface area contributed by atoms with E-state index in [0.29, 0.717) is 13.0 Å². The Morgan fingerprint density at radius 3 is 3.08 bits per heavy atom. The highest BCUT2D eigenvalue weighted by molar-refractivity contribution is 5.76. The highest BCUT2D eigenvalue weighted by atomic mass is 16.2. The highest BCUT2D eigenvalue weighted by Gasteiger charge is 2.16. The van der Waals surface area contributed by atoms with Crippen LogP contribution in [-0.4, -0.2) is 30.4 Å². The second-order valence-electron chi connectivity index (χ2n) is 3.15. The van der Waals surface area contributed by atoms with Crippen molar-refractivity contribution in [2.75, 3.05) is 19.6 Å². The van der Waals surface area contributed by atoms with Crippen LogP contribution in [0.25, 0.3) is 10.4 Å². The Balaban J connectivity index is 2.18. The van der Waals surface area contributed by atoms with Gasteiger partial charge in [0.15, 0.2) is 0 Å². The molecule has 0 radical (unpaired) electrons. The van der Waals surface area contributed by atoms with Crippen LogP contribution in [0.2, 0.25) is 0 Å². The fourth-order valence-corrected chi connectivity index (χ4v) is 1.48. The van der Waals surface area contributed by atoms with Crippen LogP contribution >= 0.6 is 0 Å². The Morgan fingerprint density at radius 2 is 2.38 bits per heavy atom. The Bertz CT molecular complexity index is 222. The summed E-state index contributed by atoms with van der Waals surface area (Å²) < 4.78 is 0. The number of azide groups is 1. The molecular formula is C8H14N4O. The lowest BCUT2D eigenvalue weighted by atomic mass is 10.1. The molecule has 0 unspecified atom stereocenters. The first-order valence-electron chi connectivity index (χ1n) is 4.63. The van der Waals surface area contributed by atoms with Crippen LogP contribution < -0.4 is 0 Å². The van der Waals surface area contributed by atoms with Gasteiger partial charge in [-0.1, -0.05) is 5.11 Å². The summed E-state index contributed by atoms with van der Waals surface area (Å²) >= 11 is 0. The third kappa shape index (κ3) is 3.34. The normalized spacial score (nSPS) is 16.9. The fourth-order valence-electron chi connectivity index (χ4n) is 1.48. The van der Waals surface area contributed by atoms with E-state index in [-0.39, 0.29) is 5.91 Å². The van der Waals surface area contributed by atoms with E-state index >= 15 is 0 Å². The predicted octanol–water partition coefficient (Wildman–Crippen LogP) is 1.70. The van der Waals surface area contributed by atoms with Gasteiger partial charge in [-0.15, -0.1) is 0 Å². The van der Waals surface area contributed by atoms with Crippen LogP contribution in [0.1, 0.15) is 25.7 Å². The van der Waals surface area contributed by atoms with E-state index in [0.717, 1.165) is 32.4 Å². The van der Waals surface area contributed by atoms with E-state index in [9.17, 15) is 4.79 Å². The smallest absolute Gasteiger partial charge is 0.222 e. The summed E-state index contributed by atoms with van der Waals surface area (Å²) in [5, 5.41) is 3.42. The Morgan fingerprint density at radius 1 is 1.54 bits per heavy atom. The molecule has 0 N–H and O–H groups in total. The summed E-state index contributed by atoms with van der Waals surface area (Å²) in [5.41, 5.74) is 8.03. The topological polar surface area (TPSA) is 69.1 Å². The quantitative estimate of drug-likeness (QED) is 0.282. The maximum absolute atomic E-state index is 11.3. The largest absolute Gasteiger partial charge is 0.343 e. The number of hydrogen-bond acceptors (Lipinski definition) is 2. The molecule has 1 heterocycles. The molecule has 0 saturated carbocycles. The van der Waals surface area contributed by atoms with Crippen LogP contribution in [0, 0.1) is 0 Å². The predicted molar refractivity (Wildman–Crippen MR) is 49.1 cm³/mol. The van der Waals surface area contributed by atoms with Gasteiger partial charge in [-0.2, -0.15) is 0 Å². The van der Waals surface area contributed by atoms with E-state index in [1.807, 2.05) is 4.90 Å². The first-order valence-corrected chi connectivity index (χ1v) is 4.63. The highest BCUT2D eigenvalue weighted by Crippen LogP contribution is 2.10. The SMILES string of the molecule is [N-]=[N+]=NCCCN1CCCCC1=O. The average molecular weight is 182 g/mol. The number of rotatable bonds is 4. The zero-order chi connectivity index (χ0) is 9.52. The lowest BCUT2D eigenvalue weighted by Gasteiger charge is -2.26. The molecule has 1 saturated heterocycles. The molecule has 1 rings (SSSR count). The van der Waals surface area contributed by atoms with Gasteiger partial charge in [-0.3, -0.25) is 4.79 Å². The second kappa shape index (κ2) is 5.43. The standard InChI is InChI=1S/C8H14N4O/c9-11-10-5-3-7-12-6-2-1-4-8(12)13/h1-7H2. The van der Waals surface area contributed by atoms with Crippen molar-refractivity contribution in [1.29, 1.82) is 0 Å². The molecule has 1 amide bonds. The van der Waals surface area contributed by atoms with Gasteiger partial charge in [0.2, 0.25) is 5.91 Å². The second-order valence-corrected chi connectivity index (χ2v) is 3.15. The third-order valence-corrected chi connectivity index (χ3v) is 2.17. The van der Waals surface area contributed by atoms with Gasteiger partial charge in [-0.05, 0) is 24.8 Å². The lowest BCUT2D eigenvalue weighted by Crippen LogP contribution is -2.36. The van der Waals surface area contributed by atoms with Crippen molar-refractivity contribution in [3.8, 4) is 0 Å². The number of carbonyl (C=O) groups is 1. The van der Waals surface area contributed by atoms with Gasteiger partial charge < -0.3 is 4.90 Å². The molecule has 72 valence electrons. The van der Waals surface area contributed by atoms with Crippen molar-refractivity contribution in [3.63, 3.8) is 0 Å². The molecule has 1 aliphatic heterocycles. The van der Waals surface area contributed by atoms with Crippen LogP contribution in [-0.2, 0) is 4.79 Å². The minimum Gasteiger partial charge on any atom is -0.343 e. The van der Waals surface area contributed by atoms with Gasteiger partial charge in [0, 0.05) is 31.0 Å². The van der Waals surface area contributed by atoms with Crippen molar-refractivity contribution in [1.82, 2.24) is 4.90 Å². The summed E-state index contributed by atoms with van der Waals surface area (Å²) in [6.45, 7) is 2.09. The van der Waals surface area contributed by atoms with Crippen LogP contribution in [0.4, 0.5) is 0 Å². The molecule has 1 fully saturated rings. The van der Waals surface area contributed by atoms with Crippen LogP contribution in [0.3, 0.4) is 0 Å². The molecule has 0 spiro atoms. The van der Waals surface area contributed by atoms with Crippen LogP contribution in [0.15, 0.2) is 5.11 Å². The van der Waals surface area contributed by atoms with Gasteiger partial charge in [0.1, 0.15) is 0 Å². The molecule has 0 aromatic heterocycles. The number of amides is 1. The summed E-state index contributed by atoms with van der Waals surface area (Å²) in [6, 6.07) is 0. The van der Waals surface area contributed by atoms with Crippen molar-refractivity contribution in [2.45, 2.75) is 25.7 Å². The average Bonchev–Trinajstić information content (AvgIpc) is 2.15. The van der Waals surface area contributed by atoms with Crippen molar-refractivity contribution in [3.05, 3.63) is 10.4 Å². The summed E-state index contributed by atoms with van der Waals surface area (Å²) in [5.74, 6) is 0.243. The van der Waals surface area contributed by atoms with Gasteiger partial charge >= 0.3 is 0 Å². The van der Waals surface area contributed by atoms with E-state index < -0.39 is 0 Å². The van der Waals surface area contributed by atoms with Crippen molar-refractivity contribution < 1.29 is 4.79 Å². The van der Waals surface area contributed by atoms with Crippen LogP contribution in [0.5, 0.6) is 0 Å². The molecule has 0 aromatic carbocycles. The van der Waals surface area contributed by atoms with Gasteiger partial charge in [-0.25, -0.2) is 0 Å². The van der Waals surface area contributed by atoms with E-state index in [4.69, 9.17) is 5.53 Å². The molecule has 5 nitrogen and oxygen atoms in total. The number of piperidine rings is 1. The van der Waals surface area contributed by atoms with Crippen molar-refractivity contribution >= 4 is 5.91 Å². The summed E-state index contributed by atoms with van der Waals surface area (Å²) in [6.07, 6.45) is 3.58. The summed E-state index contributed by atoms with van der Waals surface area (Å²) in [7, 11) is 0. The molecule has 1 aliphatic rings. The molecular weight excluding hydrogens is 168 g/mol. The Kier molecular flexibility index (Phi) is 4.12. The maximum Gasteiger partial charge on any atom is 0.222 e. The first kappa shape index (κ1) is 9.86. The molecule has 0 bridgehead atoms. The van der Waals surface area contributed by atoms with E-state index in [1.165, 1.54) is 0 Å². The lowest BCUT2D eigenvalue weighted by molar-refractivity contribution is -0.133. The zero-order valence-corrected chi connectivity index (χ0v) is 7.65.